The lowest BCUT2D eigenvalue weighted by atomic mass is 10.1. The first kappa shape index (κ1) is 19.4. The average Bonchev–Trinajstić information content (AvgIpc) is 3.15. The maximum atomic E-state index is 12.0. The Bertz CT molecular complexity index is 623. The SMILES string of the molecule is Cl.O=C(Cc1ccc(-n2cccn2)cc1)NCCCN1CCNCC1. The zero-order valence-electron chi connectivity index (χ0n) is 14.4. The second-order valence-corrected chi connectivity index (χ2v) is 6.09. The Labute approximate surface area is 155 Å². The van der Waals surface area contributed by atoms with Crippen LogP contribution in [0.3, 0.4) is 0 Å². The molecule has 3 rings (SSSR count). The molecule has 0 aliphatic carbocycles. The summed E-state index contributed by atoms with van der Waals surface area (Å²) in [6.07, 6.45) is 5.08. The maximum absolute atomic E-state index is 12.0. The highest BCUT2D eigenvalue weighted by Gasteiger charge is 2.09. The molecule has 2 heterocycles. The van der Waals surface area contributed by atoms with Gasteiger partial charge in [-0.1, -0.05) is 12.1 Å². The Morgan fingerprint density at radius 2 is 1.96 bits per heavy atom. The van der Waals surface area contributed by atoms with Gasteiger partial charge in [0.1, 0.15) is 0 Å². The van der Waals surface area contributed by atoms with Crippen molar-refractivity contribution in [2.75, 3.05) is 39.3 Å². The van der Waals surface area contributed by atoms with Crippen LogP contribution < -0.4 is 10.6 Å². The van der Waals surface area contributed by atoms with Gasteiger partial charge < -0.3 is 15.5 Å². The van der Waals surface area contributed by atoms with Gasteiger partial charge in [-0.05, 0) is 36.7 Å². The lowest BCUT2D eigenvalue weighted by Gasteiger charge is -2.27. The summed E-state index contributed by atoms with van der Waals surface area (Å²) in [5.41, 5.74) is 2.02. The summed E-state index contributed by atoms with van der Waals surface area (Å²) < 4.78 is 1.81. The molecule has 1 aliphatic heterocycles. The maximum Gasteiger partial charge on any atom is 0.224 e. The Morgan fingerprint density at radius 1 is 1.20 bits per heavy atom. The van der Waals surface area contributed by atoms with Crippen LogP contribution in [0.15, 0.2) is 42.7 Å². The van der Waals surface area contributed by atoms with Crippen LogP contribution in [0.25, 0.3) is 5.69 Å². The second-order valence-electron chi connectivity index (χ2n) is 6.09. The third-order valence-corrected chi connectivity index (χ3v) is 4.25. The highest BCUT2D eigenvalue weighted by molar-refractivity contribution is 5.85. The topological polar surface area (TPSA) is 62.2 Å². The van der Waals surface area contributed by atoms with E-state index in [9.17, 15) is 4.79 Å². The minimum absolute atomic E-state index is 0. The van der Waals surface area contributed by atoms with Gasteiger partial charge in [0.15, 0.2) is 0 Å². The van der Waals surface area contributed by atoms with Crippen molar-refractivity contribution >= 4 is 18.3 Å². The summed E-state index contributed by atoms with van der Waals surface area (Å²) in [6.45, 7) is 6.16. The molecule has 2 N–H and O–H groups in total. The van der Waals surface area contributed by atoms with Crippen LogP contribution in [0.5, 0.6) is 0 Å². The summed E-state index contributed by atoms with van der Waals surface area (Å²) in [5.74, 6) is 0.0853. The Hall–Kier alpha value is -1.89. The lowest BCUT2D eigenvalue weighted by Crippen LogP contribution is -2.44. The summed E-state index contributed by atoms with van der Waals surface area (Å²) in [4.78, 5) is 14.5. The Balaban J connectivity index is 0.00000225. The summed E-state index contributed by atoms with van der Waals surface area (Å²) >= 11 is 0. The van der Waals surface area contributed by atoms with E-state index in [1.54, 1.807) is 10.9 Å². The van der Waals surface area contributed by atoms with Gasteiger partial charge in [0.25, 0.3) is 0 Å². The molecule has 0 unspecified atom stereocenters. The van der Waals surface area contributed by atoms with Crippen molar-refractivity contribution in [1.29, 1.82) is 0 Å². The van der Waals surface area contributed by atoms with E-state index >= 15 is 0 Å². The van der Waals surface area contributed by atoms with E-state index in [1.165, 1.54) is 0 Å². The fourth-order valence-corrected chi connectivity index (χ4v) is 2.90. The zero-order chi connectivity index (χ0) is 16.6. The molecule has 0 saturated carbocycles. The van der Waals surface area contributed by atoms with Crippen molar-refractivity contribution in [2.24, 2.45) is 0 Å². The van der Waals surface area contributed by atoms with Gasteiger partial charge in [0.2, 0.25) is 5.91 Å². The van der Waals surface area contributed by atoms with E-state index in [0.29, 0.717) is 6.42 Å². The monoisotopic (exact) mass is 363 g/mol. The van der Waals surface area contributed by atoms with Crippen LogP contribution in [0, 0.1) is 0 Å². The molecule has 25 heavy (non-hydrogen) atoms. The van der Waals surface area contributed by atoms with Crippen LogP contribution in [0.4, 0.5) is 0 Å². The molecule has 0 bridgehead atoms. The first-order valence-electron chi connectivity index (χ1n) is 8.60. The third-order valence-electron chi connectivity index (χ3n) is 4.25. The third kappa shape index (κ3) is 6.16. The van der Waals surface area contributed by atoms with Crippen molar-refractivity contribution in [3.05, 3.63) is 48.3 Å². The number of amides is 1. The molecule has 136 valence electrons. The normalized spacial score (nSPS) is 14.7. The van der Waals surface area contributed by atoms with Gasteiger partial charge >= 0.3 is 0 Å². The second kappa shape index (κ2) is 10.2. The number of benzene rings is 1. The molecule has 7 heteroatoms. The van der Waals surface area contributed by atoms with E-state index < -0.39 is 0 Å². The minimum atomic E-state index is 0. The van der Waals surface area contributed by atoms with Gasteiger partial charge in [0.05, 0.1) is 12.1 Å². The number of piperazine rings is 1. The number of rotatable bonds is 7. The molecule has 0 spiro atoms. The number of hydrogen-bond donors (Lipinski definition) is 2. The van der Waals surface area contributed by atoms with Crippen LogP contribution >= 0.6 is 12.4 Å². The fraction of sp³-hybridized carbons (Fsp3) is 0.444. The number of halogens is 1. The van der Waals surface area contributed by atoms with E-state index in [1.807, 2.05) is 36.5 Å². The number of carbonyl (C=O) groups is 1. The number of nitrogens with one attached hydrogen (secondary N) is 2. The van der Waals surface area contributed by atoms with Crippen molar-refractivity contribution in [3.63, 3.8) is 0 Å². The van der Waals surface area contributed by atoms with Crippen molar-refractivity contribution in [1.82, 2.24) is 25.3 Å². The van der Waals surface area contributed by atoms with E-state index in [4.69, 9.17) is 0 Å². The molecule has 6 nitrogen and oxygen atoms in total. The predicted molar refractivity (Wildman–Crippen MR) is 101 cm³/mol. The molecule has 1 aromatic carbocycles. The Kier molecular flexibility index (Phi) is 7.91. The average molecular weight is 364 g/mol. The first-order valence-corrected chi connectivity index (χ1v) is 8.60. The van der Waals surface area contributed by atoms with Gasteiger partial charge in [-0.15, -0.1) is 12.4 Å². The highest BCUT2D eigenvalue weighted by Crippen LogP contribution is 2.09. The van der Waals surface area contributed by atoms with Gasteiger partial charge in [-0.25, -0.2) is 4.68 Å². The van der Waals surface area contributed by atoms with Crippen LogP contribution in [0.1, 0.15) is 12.0 Å². The molecule has 1 saturated heterocycles. The number of aromatic nitrogens is 2. The van der Waals surface area contributed by atoms with Gasteiger partial charge in [0, 0.05) is 45.1 Å². The van der Waals surface area contributed by atoms with Gasteiger partial charge in [-0.2, -0.15) is 5.10 Å². The van der Waals surface area contributed by atoms with E-state index in [-0.39, 0.29) is 18.3 Å². The molecular weight excluding hydrogens is 338 g/mol. The van der Waals surface area contributed by atoms with Crippen molar-refractivity contribution < 1.29 is 4.79 Å². The molecule has 0 radical (unpaired) electrons. The standard InChI is InChI=1S/C18H25N5O.ClH/c24-18(20-7-1-11-22-13-9-19-10-14-22)15-16-3-5-17(6-4-16)23-12-2-8-21-23;/h2-6,8,12,19H,1,7,9-11,13-15H2,(H,20,24);1H. The molecule has 1 fully saturated rings. The van der Waals surface area contributed by atoms with Gasteiger partial charge in [-0.3, -0.25) is 4.79 Å². The van der Waals surface area contributed by atoms with Crippen LogP contribution in [0.2, 0.25) is 0 Å². The van der Waals surface area contributed by atoms with E-state index in [0.717, 1.165) is 56.9 Å². The Morgan fingerprint density at radius 3 is 2.64 bits per heavy atom. The summed E-state index contributed by atoms with van der Waals surface area (Å²) in [7, 11) is 0. The summed E-state index contributed by atoms with van der Waals surface area (Å²) in [5, 5.41) is 10.6. The molecular formula is C18H26ClN5O. The molecule has 2 aromatic rings. The first-order chi connectivity index (χ1) is 11.8. The van der Waals surface area contributed by atoms with Crippen molar-refractivity contribution in [3.8, 4) is 5.69 Å². The lowest BCUT2D eigenvalue weighted by molar-refractivity contribution is -0.120. The van der Waals surface area contributed by atoms with Crippen molar-refractivity contribution in [2.45, 2.75) is 12.8 Å². The minimum Gasteiger partial charge on any atom is -0.356 e. The predicted octanol–water partition coefficient (Wildman–Crippen LogP) is 1.25. The molecule has 1 aromatic heterocycles. The number of nitrogens with zero attached hydrogens (tertiary/aromatic N) is 3. The molecule has 1 aliphatic rings. The zero-order valence-corrected chi connectivity index (χ0v) is 15.2. The number of hydrogen-bond acceptors (Lipinski definition) is 4. The summed E-state index contributed by atoms with van der Waals surface area (Å²) in [6, 6.07) is 9.83. The highest BCUT2D eigenvalue weighted by atomic mass is 35.5. The number of carbonyl (C=O) groups excluding carboxylic acids is 1. The molecule has 0 atom stereocenters. The largest absolute Gasteiger partial charge is 0.356 e. The van der Waals surface area contributed by atoms with E-state index in [2.05, 4.69) is 20.6 Å². The van der Waals surface area contributed by atoms with Crippen LogP contribution in [-0.4, -0.2) is 59.9 Å². The van der Waals surface area contributed by atoms with Crippen LogP contribution in [-0.2, 0) is 11.2 Å². The molecule has 1 amide bonds. The fourth-order valence-electron chi connectivity index (χ4n) is 2.90. The quantitative estimate of drug-likeness (QED) is 0.727. The smallest absolute Gasteiger partial charge is 0.224 e.